The summed E-state index contributed by atoms with van der Waals surface area (Å²) in [5.41, 5.74) is 6.48. The van der Waals surface area contributed by atoms with Crippen LogP contribution in [0.3, 0.4) is 0 Å². The Morgan fingerprint density at radius 1 is 1.25 bits per heavy atom. The van der Waals surface area contributed by atoms with Crippen LogP contribution in [0.4, 0.5) is 8.78 Å². The summed E-state index contributed by atoms with van der Waals surface area (Å²) in [6.45, 7) is 1.59. The molecule has 1 saturated heterocycles. The number of methoxy groups -OCH3 is 1. The van der Waals surface area contributed by atoms with E-state index in [0.29, 0.717) is 12.0 Å². The van der Waals surface area contributed by atoms with Gasteiger partial charge in [0.15, 0.2) is 0 Å². The van der Waals surface area contributed by atoms with Gasteiger partial charge in [-0.1, -0.05) is 0 Å². The van der Waals surface area contributed by atoms with Crippen molar-refractivity contribution in [2.75, 3.05) is 20.2 Å². The second-order valence-electron chi connectivity index (χ2n) is 4.75. The van der Waals surface area contributed by atoms with E-state index in [1.807, 2.05) is 0 Å². The van der Waals surface area contributed by atoms with Crippen LogP contribution in [0.2, 0.25) is 0 Å². The molecule has 0 aromatic heterocycles. The van der Waals surface area contributed by atoms with Gasteiger partial charge in [0.2, 0.25) is 0 Å². The summed E-state index contributed by atoms with van der Waals surface area (Å²) < 4.78 is 31.7. The lowest BCUT2D eigenvalue weighted by molar-refractivity contribution is 0.0799. The number of benzene rings is 1. The van der Waals surface area contributed by atoms with Gasteiger partial charge in [0.25, 0.3) is 0 Å². The Labute approximate surface area is 130 Å². The van der Waals surface area contributed by atoms with Crippen molar-refractivity contribution >= 4 is 24.8 Å². The molecule has 1 heterocycles. The first kappa shape index (κ1) is 19.5. The van der Waals surface area contributed by atoms with Crippen molar-refractivity contribution in [3.63, 3.8) is 0 Å². The van der Waals surface area contributed by atoms with Crippen molar-refractivity contribution in [2.45, 2.75) is 18.6 Å². The molecule has 1 aliphatic heterocycles. The minimum absolute atomic E-state index is 0. The highest BCUT2D eigenvalue weighted by Crippen LogP contribution is 2.28. The van der Waals surface area contributed by atoms with Crippen molar-refractivity contribution in [3.8, 4) is 0 Å². The maximum atomic E-state index is 13.2. The third-order valence-corrected chi connectivity index (χ3v) is 3.45. The number of nitrogens with one attached hydrogen (secondary N) is 1. The van der Waals surface area contributed by atoms with Crippen LogP contribution >= 0.6 is 24.8 Å². The van der Waals surface area contributed by atoms with Gasteiger partial charge in [0, 0.05) is 25.8 Å². The molecule has 0 amide bonds. The Hall–Kier alpha value is -0.460. The average Bonchev–Trinajstić information content (AvgIpc) is 2.70. The van der Waals surface area contributed by atoms with Gasteiger partial charge in [0.1, 0.15) is 11.6 Å². The number of nitrogens with two attached hydrogens (primary N) is 1. The van der Waals surface area contributed by atoms with Crippen LogP contribution in [0.15, 0.2) is 18.2 Å². The fourth-order valence-corrected chi connectivity index (χ4v) is 2.42. The van der Waals surface area contributed by atoms with Gasteiger partial charge in [0.05, 0.1) is 6.10 Å². The van der Waals surface area contributed by atoms with Crippen molar-refractivity contribution in [1.29, 1.82) is 0 Å². The number of ether oxygens (including phenoxy) is 1. The van der Waals surface area contributed by atoms with Crippen molar-refractivity contribution in [3.05, 3.63) is 35.4 Å². The molecule has 0 spiro atoms. The molecule has 1 aliphatic rings. The maximum absolute atomic E-state index is 13.2. The molecule has 116 valence electrons. The van der Waals surface area contributed by atoms with Crippen LogP contribution in [0, 0.1) is 17.6 Å². The summed E-state index contributed by atoms with van der Waals surface area (Å²) in [5, 5.41) is 3.20. The molecular weight excluding hydrogens is 309 g/mol. The second-order valence-corrected chi connectivity index (χ2v) is 4.75. The first-order valence-corrected chi connectivity index (χ1v) is 6.05. The summed E-state index contributed by atoms with van der Waals surface area (Å²) >= 11 is 0. The molecule has 0 bridgehead atoms. The van der Waals surface area contributed by atoms with Crippen molar-refractivity contribution in [2.24, 2.45) is 11.7 Å². The largest absolute Gasteiger partial charge is 0.377 e. The summed E-state index contributed by atoms with van der Waals surface area (Å²) in [6, 6.07) is 3.55. The Bertz CT molecular complexity index is 403. The van der Waals surface area contributed by atoms with E-state index in [1.165, 1.54) is 12.1 Å². The number of hydrogen-bond donors (Lipinski definition) is 2. The van der Waals surface area contributed by atoms with E-state index < -0.39 is 11.6 Å². The molecule has 3 nitrogen and oxygen atoms in total. The van der Waals surface area contributed by atoms with Gasteiger partial charge >= 0.3 is 0 Å². The van der Waals surface area contributed by atoms with Gasteiger partial charge in [-0.25, -0.2) is 8.78 Å². The van der Waals surface area contributed by atoms with Crippen molar-refractivity contribution < 1.29 is 13.5 Å². The second kappa shape index (κ2) is 8.74. The lowest BCUT2D eigenvalue weighted by Gasteiger charge is -2.22. The molecule has 2 rings (SSSR count). The molecular formula is C13H20Cl2F2N2O. The maximum Gasteiger partial charge on any atom is 0.126 e. The topological polar surface area (TPSA) is 47.3 Å². The normalized spacial score (nSPS) is 22.8. The molecule has 0 aliphatic carbocycles. The average molecular weight is 329 g/mol. The molecule has 1 fully saturated rings. The molecule has 3 atom stereocenters. The summed E-state index contributed by atoms with van der Waals surface area (Å²) in [5.74, 6) is -0.900. The Morgan fingerprint density at radius 3 is 2.30 bits per heavy atom. The van der Waals surface area contributed by atoms with E-state index in [9.17, 15) is 8.78 Å². The third-order valence-electron chi connectivity index (χ3n) is 3.45. The molecule has 0 radical (unpaired) electrons. The van der Waals surface area contributed by atoms with Crippen LogP contribution < -0.4 is 11.1 Å². The Morgan fingerprint density at radius 2 is 1.85 bits per heavy atom. The number of hydrogen-bond acceptors (Lipinski definition) is 3. The van der Waals surface area contributed by atoms with Gasteiger partial charge in [-0.2, -0.15) is 0 Å². The lowest BCUT2D eigenvalue weighted by Crippen LogP contribution is -2.30. The smallest absolute Gasteiger partial charge is 0.126 e. The van der Waals surface area contributed by atoms with Gasteiger partial charge < -0.3 is 15.8 Å². The standard InChI is InChI=1S/C13H18F2N2O.2ClH/c1-18-13(4-9-6-17-7-12(9)16)8-2-10(14)5-11(15)3-8;;/h2-3,5,9,12-13,17H,4,6-7,16H2,1H3;2*1H/t9-,12-,13?;;/m1../s1. The van der Waals surface area contributed by atoms with E-state index in [-0.39, 0.29) is 42.9 Å². The van der Waals surface area contributed by atoms with E-state index in [4.69, 9.17) is 10.5 Å². The highest BCUT2D eigenvalue weighted by Gasteiger charge is 2.27. The van der Waals surface area contributed by atoms with Crippen LogP contribution in [-0.2, 0) is 4.74 Å². The Balaban J connectivity index is 0.00000180. The summed E-state index contributed by atoms with van der Waals surface area (Å²) in [4.78, 5) is 0. The monoisotopic (exact) mass is 328 g/mol. The van der Waals surface area contributed by atoms with Gasteiger partial charge in [-0.15, -0.1) is 24.8 Å². The van der Waals surface area contributed by atoms with Crippen LogP contribution in [-0.4, -0.2) is 26.2 Å². The molecule has 7 heteroatoms. The highest BCUT2D eigenvalue weighted by atomic mass is 35.5. The first-order valence-electron chi connectivity index (χ1n) is 6.05. The Kier molecular flexibility index (Phi) is 8.54. The number of rotatable bonds is 4. The van der Waals surface area contributed by atoms with Gasteiger partial charge in [-0.3, -0.25) is 0 Å². The minimum Gasteiger partial charge on any atom is -0.377 e. The third kappa shape index (κ3) is 4.82. The molecule has 20 heavy (non-hydrogen) atoms. The fraction of sp³-hybridized carbons (Fsp3) is 0.538. The summed E-state index contributed by atoms with van der Waals surface area (Å²) in [6.07, 6.45) is 0.333. The van der Waals surface area contributed by atoms with Gasteiger partial charge in [-0.05, 0) is 36.6 Å². The van der Waals surface area contributed by atoms with Crippen molar-refractivity contribution in [1.82, 2.24) is 5.32 Å². The SMILES string of the molecule is COC(C[C@@H]1CNC[C@H]1N)c1cc(F)cc(F)c1.Cl.Cl. The zero-order valence-corrected chi connectivity index (χ0v) is 12.8. The van der Waals surface area contributed by atoms with E-state index >= 15 is 0 Å². The fourth-order valence-electron chi connectivity index (χ4n) is 2.42. The molecule has 1 aromatic rings. The molecule has 1 aromatic carbocycles. The quantitative estimate of drug-likeness (QED) is 0.892. The predicted octanol–water partition coefficient (Wildman–Crippen LogP) is 2.43. The van der Waals surface area contributed by atoms with E-state index in [0.717, 1.165) is 19.2 Å². The highest BCUT2D eigenvalue weighted by molar-refractivity contribution is 5.85. The molecule has 3 N–H and O–H groups in total. The first-order chi connectivity index (χ1) is 8.60. The molecule has 1 unspecified atom stereocenters. The summed E-state index contributed by atoms with van der Waals surface area (Å²) in [7, 11) is 1.54. The minimum atomic E-state index is -0.583. The van der Waals surface area contributed by atoms with E-state index in [2.05, 4.69) is 5.32 Å². The van der Waals surface area contributed by atoms with E-state index in [1.54, 1.807) is 7.11 Å². The lowest BCUT2D eigenvalue weighted by atomic mass is 9.93. The van der Waals surface area contributed by atoms with Crippen LogP contribution in [0.5, 0.6) is 0 Å². The molecule has 0 saturated carbocycles. The zero-order chi connectivity index (χ0) is 13.1. The predicted molar refractivity (Wildman–Crippen MR) is 79.6 cm³/mol. The number of halogens is 4. The van der Waals surface area contributed by atoms with Crippen LogP contribution in [0.25, 0.3) is 0 Å². The zero-order valence-electron chi connectivity index (χ0n) is 11.1. The van der Waals surface area contributed by atoms with Crippen LogP contribution in [0.1, 0.15) is 18.1 Å².